The Bertz CT molecular complexity index is 599. The van der Waals surface area contributed by atoms with Crippen LogP contribution in [0.3, 0.4) is 0 Å². The number of aliphatic hydroxyl groups is 1. The molecule has 1 N–H and O–H groups in total. The van der Waals surface area contributed by atoms with Gasteiger partial charge in [-0.25, -0.2) is 0 Å². The van der Waals surface area contributed by atoms with E-state index in [0.29, 0.717) is 15.5 Å². The van der Waals surface area contributed by atoms with Crippen LogP contribution in [0.5, 0.6) is 0 Å². The van der Waals surface area contributed by atoms with Crippen molar-refractivity contribution >= 4 is 40.6 Å². The highest BCUT2D eigenvalue weighted by molar-refractivity contribution is 6.31. The third-order valence-electron chi connectivity index (χ3n) is 3.55. The van der Waals surface area contributed by atoms with E-state index in [1.807, 2.05) is 6.07 Å². The first-order chi connectivity index (χ1) is 12.1. The topological polar surface area (TPSA) is 78.3 Å². The van der Waals surface area contributed by atoms with Crippen LogP contribution in [0.25, 0.3) is 0 Å². The van der Waals surface area contributed by atoms with Gasteiger partial charge < -0.3 is 10.0 Å². The molecule has 0 amide bonds. The molecule has 2 aromatic rings. The minimum absolute atomic E-state index is 0.267. The summed E-state index contributed by atoms with van der Waals surface area (Å²) in [4.78, 5) is 4.56. The van der Waals surface area contributed by atoms with Gasteiger partial charge in [0.1, 0.15) is 0 Å². The van der Waals surface area contributed by atoms with E-state index < -0.39 is 0 Å². The lowest BCUT2D eigenvalue weighted by atomic mass is 10.3. The minimum Gasteiger partial charge on any atom is -0.396 e. The number of nitrogens with zero attached hydrogens (tertiary/aromatic N) is 6. The van der Waals surface area contributed by atoms with E-state index in [1.165, 1.54) is 0 Å². The molecule has 3 rings (SSSR count). The zero-order valence-corrected chi connectivity index (χ0v) is 15.8. The van der Waals surface area contributed by atoms with Crippen LogP contribution in [0.2, 0.25) is 15.5 Å². The average molecular weight is 406 g/mol. The van der Waals surface area contributed by atoms with Crippen LogP contribution in [0, 0.1) is 0 Å². The monoisotopic (exact) mass is 404 g/mol. The Kier molecular flexibility index (Phi) is 8.57. The van der Waals surface area contributed by atoms with Crippen molar-refractivity contribution in [2.75, 3.05) is 44.2 Å². The van der Waals surface area contributed by atoms with Crippen LogP contribution in [0.15, 0.2) is 24.3 Å². The number of hydrogen-bond donors (Lipinski definition) is 1. The van der Waals surface area contributed by atoms with Crippen LogP contribution in [0.1, 0.15) is 6.42 Å². The second-order valence-electron chi connectivity index (χ2n) is 5.30. The Morgan fingerprint density at radius 1 is 0.800 bits per heavy atom. The molecule has 0 atom stereocenters. The summed E-state index contributed by atoms with van der Waals surface area (Å²) in [5.74, 6) is 0.885. The molecule has 0 aliphatic carbocycles. The maximum absolute atomic E-state index is 8.79. The third-order valence-corrected chi connectivity index (χ3v) is 4.15. The summed E-state index contributed by atoms with van der Waals surface area (Å²) in [7, 11) is 0. The van der Waals surface area contributed by atoms with Crippen molar-refractivity contribution < 1.29 is 5.11 Å². The SMILES string of the molecule is Clc1ccc(Cl)nn1.OCCCN1CCN(c2ccc(Cl)nn2)CC1. The van der Waals surface area contributed by atoms with Crippen molar-refractivity contribution in [3.8, 4) is 0 Å². The quantitative estimate of drug-likeness (QED) is 0.837. The lowest BCUT2D eigenvalue weighted by Crippen LogP contribution is -2.47. The molecule has 0 bridgehead atoms. The second-order valence-corrected chi connectivity index (χ2v) is 6.46. The largest absolute Gasteiger partial charge is 0.396 e. The Hall–Kier alpha value is -1.25. The number of rotatable bonds is 4. The molecule has 0 saturated carbocycles. The number of anilines is 1. The first-order valence-corrected chi connectivity index (χ1v) is 8.94. The van der Waals surface area contributed by atoms with E-state index in [2.05, 4.69) is 30.2 Å². The minimum atomic E-state index is 0.267. The summed E-state index contributed by atoms with van der Waals surface area (Å²) in [6.07, 6.45) is 0.848. The predicted molar refractivity (Wildman–Crippen MR) is 99.4 cm³/mol. The zero-order valence-electron chi connectivity index (χ0n) is 13.5. The molecule has 2 aromatic heterocycles. The van der Waals surface area contributed by atoms with Gasteiger partial charge in [-0.15, -0.1) is 20.4 Å². The second kappa shape index (κ2) is 10.7. The summed E-state index contributed by atoms with van der Waals surface area (Å²) in [6.45, 7) is 5.14. The van der Waals surface area contributed by atoms with Gasteiger partial charge in [-0.2, -0.15) is 0 Å². The Morgan fingerprint density at radius 2 is 1.32 bits per heavy atom. The summed E-state index contributed by atoms with van der Waals surface area (Å²) >= 11 is 16.5. The molecule has 136 valence electrons. The fraction of sp³-hybridized carbons (Fsp3) is 0.467. The van der Waals surface area contributed by atoms with Gasteiger partial charge in [-0.1, -0.05) is 34.8 Å². The highest BCUT2D eigenvalue weighted by Crippen LogP contribution is 2.14. The van der Waals surface area contributed by atoms with Gasteiger partial charge in [0, 0.05) is 39.3 Å². The summed E-state index contributed by atoms with van der Waals surface area (Å²) in [6, 6.07) is 6.83. The normalized spacial score (nSPS) is 14.8. The molecule has 10 heteroatoms. The van der Waals surface area contributed by atoms with Crippen molar-refractivity contribution in [1.29, 1.82) is 0 Å². The number of hydrogen-bond acceptors (Lipinski definition) is 7. The van der Waals surface area contributed by atoms with E-state index in [-0.39, 0.29) is 6.61 Å². The highest BCUT2D eigenvalue weighted by Gasteiger charge is 2.17. The summed E-state index contributed by atoms with van der Waals surface area (Å²) in [5.41, 5.74) is 0. The number of halogens is 3. The molecule has 1 aliphatic rings. The van der Waals surface area contributed by atoms with Gasteiger partial charge in [0.15, 0.2) is 21.3 Å². The Morgan fingerprint density at radius 3 is 1.76 bits per heavy atom. The van der Waals surface area contributed by atoms with E-state index in [1.54, 1.807) is 18.2 Å². The summed E-state index contributed by atoms with van der Waals surface area (Å²) in [5, 5.41) is 24.8. The number of piperazine rings is 1. The molecule has 0 unspecified atom stereocenters. The van der Waals surface area contributed by atoms with Gasteiger partial charge in [0.05, 0.1) is 0 Å². The van der Waals surface area contributed by atoms with Crippen LogP contribution in [-0.4, -0.2) is 69.7 Å². The van der Waals surface area contributed by atoms with Crippen molar-refractivity contribution in [3.05, 3.63) is 39.7 Å². The molecule has 1 fully saturated rings. The van der Waals surface area contributed by atoms with E-state index in [0.717, 1.165) is 45.0 Å². The summed E-state index contributed by atoms with van der Waals surface area (Å²) < 4.78 is 0. The molecule has 0 aromatic carbocycles. The van der Waals surface area contributed by atoms with Gasteiger partial charge in [-0.3, -0.25) is 4.90 Å². The molecule has 3 heterocycles. The van der Waals surface area contributed by atoms with Crippen molar-refractivity contribution in [2.45, 2.75) is 6.42 Å². The van der Waals surface area contributed by atoms with E-state index in [9.17, 15) is 0 Å². The predicted octanol–water partition coefficient (Wildman–Crippen LogP) is 2.42. The molecule has 0 radical (unpaired) electrons. The number of aliphatic hydroxyl groups excluding tert-OH is 1. The van der Waals surface area contributed by atoms with Crippen LogP contribution < -0.4 is 4.90 Å². The fourth-order valence-electron chi connectivity index (χ4n) is 2.27. The van der Waals surface area contributed by atoms with Crippen molar-refractivity contribution in [3.63, 3.8) is 0 Å². The van der Waals surface area contributed by atoms with Gasteiger partial charge in [0.25, 0.3) is 0 Å². The van der Waals surface area contributed by atoms with Crippen LogP contribution >= 0.6 is 34.8 Å². The lowest BCUT2D eigenvalue weighted by molar-refractivity contribution is 0.215. The van der Waals surface area contributed by atoms with Gasteiger partial charge in [0.2, 0.25) is 0 Å². The third kappa shape index (κ3) is 7.25. The Labute approximate surface area is 161 Å². The maximum Gasteiger partial charge on any atom is 0.151 e. The maximum atomic E-state index is 8.79. The molecule has 1 saturated heterocycles. The molecule has 0 spiro atoms. The standard InChI is InChI=1S/C11H17ClN4O.C4H2Cl2N2/c12-10-2-3-11(14-13-10)16-7-5-15(6-8-16)4-1-9-17;5-3-1-2-4(6)8-7-3/h2-3,17H,1,4-9H2;1-2H. The lowest BCUT2D eigenvalue weighted by Gasteiger charge is -2.35. The Balaban J connectivity index is 0.000000236. The highest BCUT2D eigenvalue weighted by atomic mass is 35.5. The van der Waals surface area contributed by atoms with Gasteiger partial charge >= 0.3 is 0 Å². The average Bonchev–Trinajstić information content (AvgIpc) is 2.64. The smallest absolute Gasteiger partial charge is 0.151 e. The van der Waals surface area contributed by atoms with Gasteiger partial charge in [-0.05, 0) is 30.7 Å². The zero-order chi connectivity index (χ0) is 18.1. The first kappa shape index (κ1) is 20.1. The molecular formula is C15H19Cl3N6O. The fourth-order valence-corrected chi connectivity index (χ4v) is 2.57. The molecule has 7 nitrogen and oxygen atoms in total. The number of aromatic nitrogens is 4. The van der Waals surface area contributed by atoms with E-state index in [4.69, 9.17) is 39.9 Å². The first-order valence-electron chi connectivity index (χ1n) is 7.80. The van der Waals surface area contributed by atoms with Crippen LogP contribution in [-0.2, 0) is 0 Å². The molecule has 1 aliphatic heterocycles. The van der Waals surface area contributed by atoms with E-state index >= 15 is 0 Å². The van der Waals surface area contributed by atoms with Crippen LogP contribution in [0.4, 0.5) is 5.82 Å². The van der Waals surface area contributed by atoms with Crippen molar-refractivity contribution in [2.24, 2.45) is 0 Å². The molecule has 25 heavy (non-hydrogen) atoms. The van der Waals surface area contributed by atoms with Crippen molar-refractivity contribution in [1.82, 2.24) is 25.3 Å². The molecular weight excluding hydrogens is 387 g/mol.